The van der Waals surface area contributed by atoms with E-state index in [4.69, 9.17) is 5.26 Å². The van der Waals surface area contributed by atoms with Gasteiger partial charge in [-0.15, -0.1) is 13.2 Å². The Morgan fingerprint density at radius 2 is 1.82 bits per heavy atom. The van der Waals surface area contributed by atoms with Crippen molar-refractivity contribution in [3.05, 3.63) is 49.1 Å². The molecule has 1 aromatic carbocycles. The van der Waals surface area contributed by atoms with Crippen molar-refractivity contribution in [2.45, 2.75) is 0 Å². The Bertz CT molecular complexity index is 485. The molecule has 1 aliphatic rings. The summed E-state index contributed by atoms with van der Waals surface area (Å²) in [6.45, 7) is 9.96. The summed E-state index contributed by atoms with van der Waals surface area (Å²) in [5.74, 6) is 0. The first-order valence-electron chi connectivity index (χ1n) is 5.56. The molecule has 1 aliphatic heterocycles. The fourth-order valence-corrected chi connectivity index (χ4v) is 2.10. The second-order valence-electron chi connectivity index (χ2n) is 3.98. The van der Waals surface area contributed by atoms with Crippen LogP contribution in [0.2, 0.25) is 0 Å². The van der Waals surface area contributed by atoms with Crippen LogP contribution < -0.4 is 9.80 Å². The first-order chi connectivity index (χ1) is 8.30. The SMILES string of the molecule is C=CCN1CN(CC=C)c2cc(C#N)ccc21. The fourth-order valence-electron chi connectivity index (χ4n) is 2.10. The average Bonchev–Trinajstić information content (AvgIpc) is 2.68. The van der Waals surface area contributed by atoms with E-state index in [9.17, 15) is 0 Å². The van der Waals surface area contributed by atoms with Crippen LogP contribution in [0.25, 0.3) is 0 Å². The van der Waals surface area contributed by atoms with Gasteiger partial charge in [0.25, 0.3) is 0 Å². The maximum atomic E-state index is 8.94. The summed E-state index contributed by atoms with van der Waals surface area (Å²) >= 11 is 0. The third kappa shape index (κ3) is 2.02. The van der Waals surface area contributed by atoms with E-state index in [1.54, 1.807) is 0 Å². The van der Waals surface area contributed by atoms with E-state index in [1.807, 2.05) is 30.4 Å². The number of fused-ring (bicyclic) bond motifs is 1. The molecule has 86 valence electrons. The first kappa shape index (κ1) is 11.3. The molecule has 0 radical (unpaired) electrons. The predicted molar refractivity (Wildman–Crippen MR) is 71.1 cm³/mol. The van der Waals surface area contributed by atoms with Crippen LogP contribution in [0.5, 0.6) is 0 Å². The van der Waals surface area contributed by atoms with Gasteiger partial charge in [-0.25, -0.2) is 0 Å². The molecule has 2 rings (SSSR count). The number of hydrogen-bond acceptors (Lipinski definition) is 3. The Balaban J connectivity index is 2.39. The van der Waals surface area contributed by atoms with Gasteiger partial charge in [0.05, 0.1) is 29.7 Å². The van der Waals surface area contributed by atoms with Gasteiger partial charge in [-0.3, -0.25) is 0 Å². The predicted octanol–water partition coefficient (Wildman–Crippen LogP) is 2.51. The molecule has 1 heterocycles. The largest absolute Gasteiger partial charge is 0.348 e. The number of rotatable bonds is 4. The Labute approximate surface area is 102 Å². The van der Waals surface area contributed by atoms with E-state index < -0.39 is 0 Å². The van der Waals surface area contributed by atoms with Crippen LogP contribution in [-0.2, 0) is 0 Å². The molecule has 17 heavy (non-hydrogen) atoms. The van der Waals surface area contributed by atoms with Crippen LogP contribution in [0, 0.1) is 11.3 Å². The van der Waals surface area contributed by atoms with Crippen molar-refractivity contribution in [3.8, 4) is 6.07 Å². The number of benzene rings is 1. The Morgan fingerprint density at radius 3 is 2.41 bits per heavy atom. The molecule has 0 atom stereocenters. The topological polar surface area (TPSA) is 30.3 Å². The third-order valence-corrected chi connectivity index (χ3v) is 2.83. The number of nitrogens with zero attached hydrogens (tertiary/aromatic N) is 3. The molecule has 0 amide bonds. The van der Waals surface area contributed by atoms with Crippen LogP contribution >= 0.6 is 0 Å². The molecule has 0 aliphatic carbocycles. The second kappa shape index (κ2) is 4.75. The lowest BCUT2D eigenvalue weighted by Crippen LogP contribution is -2.30. The molecular weight excluding hydrogens is 210 g/mol. The van der Waals surface area contributed by atoms with Gasteiger partial charge in [-0.1, -0.05) is 12.2 Å². The molecule has 1 aromatic rings. The Kier molecular flexibility index (Phi) is 3.15. The lowest BCUT2D eigenvalue weighted by atomic mass is 10.2. The molecule has 3 nitrogen and oxygen atoms in total. The summed E-state index contributed by atoms with van der Waals surface area (Å²) in [6, 6.07) is 7.96. The third-order valence-electron chi connectivity index (χ3n) is 2.83. The summed E-state index contributed by atoms with van der Waals surface area (Å²) in [6.07, 6.45) is 3.76. The summed E-state index contributed by atoms with van der Waals surface area (Å²) in [7, 11) is 0. The fraction of sp³-hybridized carbons (Fsp3) is 0.214. The molecule has 0 saturated carbocycles. The van der Waals surface area contributed by atoms with Gasteiger partial charge in [0, 0.05) is 13.1 Å². The highest BCUT2D eigenvalue weighted by atomic mass is 15.4. The van der Waals surface area contributed by atoms with Crippen LogP contribution in [0.1, 0.15) is 5.56 Å². The maximum Gasteiger partial charge on any atom is 0.0992 e. The zero-order valence-electron chi connectivity index (χ0n) is 9.76. The molecule has 0 N–H and O–H groups in total. The molecule has 0 saturated heterocycles. The summed E-state index contributed by atoms with van der Waals surface area (Å²) in [5, 5.41) is 8.94. The smallest absolute Gasteiger partial charge is 0.0992 e. The van der Waals surface area contributed by atoms with Crippen molar-refractivity contribution in [2.24, 2.45) is 0 Å². The zero-order valence-corrected chi connectivity index (χ0v) is 9.76. The highest BCUT2D eigenvalue weighted by molar-refractivity contribution is 5.78. The van der Waals surface area contributed by atoms with E-state index in [2.05, 4.69) is 29.0 Å². The quantitative estimate of drug-likeness (QED) is 0.738. The second-order valence-corrected chi connectivity index (χ2v) is 3.98. The van der Waals surface area contributed by atoms with Crippen LogP contribution in [0.4, 0.5) is 11.4 Å². The average molecular weight is 225 g/mol. The minimum absolute atomic E-state index is 0.693. The number of nitriles is 1. The highest BCUT2D eigenvalue weighted by Crippen LogP contribution is 2.36. The van der Waals surface area contributed by atoms with E-state index in [0.717, 1.165) is 31.1 Å². The molecule has 0 fully saturated rings. The molecule has 0 spiro atoms. The van der Waals surface area contributed by atoms with Gasteiger partial charge >= 0.3 is 0 Å². The van der Waals surface area contributed by atoms with Gasteiger partial charge in [0.2, 0.25) is 0 Å². The summed E-state index contributed by atoms with van der Waals surface area (Å²) in [5.41, 5.74) is 2.95. The number of hydrogen-bond donors (Lipinski definition) is 0. The van der Waals surface area contributed by atoms with E-state index in [0.29, 0.717) is 5.56 Å². The van der Waals surface area contributed by atoms with E-state index in [-0.39, 0.29) is 0 Å². The van der Waals surface area contributed by atoms with Gasteiger partial charge in [0.15, 0.2) is 0 Å². The molecule has 0 aromatic heterocycles. The summed E-state index contributed by atoms with van der Waals surface area (Å²) < 4.78 is 0. The zero-order chi connectivity index (χ0) is 12.3. The molecule has 0 unspecified atom stereocenters. The highest BCUT2D eigenvalue weighted by Gasteiger charge is 2.24. The van der Waals surface area contributed by atoms with Gasteiger partial charge in [0.1, 0.15) is 0 Å². The molecule has 3 heteroatoms. The van der Waals surface area contributed by atoms with Gasteiger partial charge in [-0.2, -0.15) is 5.26 Å². The molecular formula is C14H15N3. The van der Waals surface area contributed by atoms with Crippen molar-refractivity contribution < 1.29 is 0 Å². The monoisotopic (exact) mass is 225 g/mol. The minimum Gasteiger partial charge on any atom is -0.348 e. The van der Waals surface area contributed by atoms with Crippen LogP contribution in [0.3, 0.4) is 0 Å². The lowest BCUT2D eigenvalue weighted by Gasteiger charge is -2.19. The van der Waals surface area contributed by atoms with Crippen LogP contribution in [0.15, 0.2) is 43.5 Å². The Morgan fingerprint density at radius 1 is 1.18 bits per heavy atom. The van der Waals surface area contributed by atoms with Gasteiger partial charge in [-0.05, 0) is 18.2 Å². The summed E-state index contributed by atoms with van der Waals surface area (Å²) in [4.78, 5) is 4.43. The van der Waals surface area contributed by atoms with Crippen LogP contribution in [-0.4, -0.2) is 19.8 Å². The van der Waals surface area contributed by atoms with Gasteiger partial charge < -0.3 is 9.80 Å². The normalized spacial score (nSPS) is 13.1. The van der Waals surface area contributed by atoms with Crippen molar-refractivity contribution in [1.82, 2.24) is 0 Å². The van der Waals surface area contributed by atoms with Crippen molar-refractivity contribution in [1.29, 1.82) is 5.26 Å². The standard InChI is InChI=1S/C14H15N3/c1-3-7-16-11-17(8-4-2)14-9-12(10-15)5-6-13(14)16/h3-6,9H,1-2,7-8,11H2. The molecule has 0 bridgehead atoms. The van der Waals surface area contributed by atoms with Crippen molar-refractivity contribution in [3.63, 3.8) is 0 Å². The van der Waals surface area contributed by atoms with E-state index >= 15 is 0 Å². The maximum absolute atomic E-state index is 8.94. The lowest BCUT2D eigenvalue weighted by molar-refractivity contribution is 0.843. The minimum atomic E-state index is 0.693. The first-order valence-corrected chi connectivity index (χ1v) is 5.56. The van der Waals surface area contributed by atoms with E-state index in [1.165, 1.54) is 0 Å². The van der Waals surface area contributed by atoms with Crippen molar-refractivity contribution in [2.75, 3.05) is 29.6 Å². The Hall–Kier alpha value is -2.21. The number of anilines is 2. The van der Waals surface area contributed by atoms with Crippen molar-refractivity contribution >= 4 is 11.4 Å².